The molecule has 1 unspecified atom stereocenters. The number of thioether (sulfide) groups is 1. The maximum absolute atomic E-state index is 14.2. The number of para-hydroxylation sites is 3. The molecule has 8 nitrogen and oxygen atoms in total. The Morgan fingerprint density at radius 2 is 1.67 bits per heavy atom. The molecule has 0 saturated heterocycles. The van der Waals surface area contributed by atoms with Crippen LogP contribution in [0, 0.1) is 11.6 Å². The maximum atomic E-state index is 14.2. The third-order valence-electron chi connectivity index (χ3n) is 7.36. The van der Waals surface area contributed by atoms with Crippen molar-refractivity contribution >= 4 is 83.6 Å². The molecule has 0 radical (unpaired) electrons. The fourth-order valence-corrected chi connectivity index (χ4v) is 7.40. The second kappa shape index (κ2) is 12.4. The molecular weight excluding hydrogens is 631 g/mol. The molecule has 230 valence electrons. The molecule has 1 atom stereocenters. The number of rotatable bonds is 9. The summed E-state index contributed by atoms with van der Waals surface area (Å²) in [7, 11) is 0. The Balaban J connectivity index is 1.14. The summed E-state index contributed by atoms with van der Waals surface area (Å²) >= 11 is 2.50. The van der Waals surface area contributed by atoms with Crippen LogP contribution in [0.4, 0.5) is 14.5 Å². The van der Waals surface area contributed by atoms with Gasteiger partial charge in [0.1, 0.15) is 28.1 Å². The van der Waals surface area contributed by atoms with E-state index in [1.807, 2.05) is 48.5 Å². The number of phenolic OH excluding ortho intramolecular Hbond substituents is 1. The zero-order valence-electron chi connectivity index (χ0n) is 23.9. The number of carbonyl (C=O) groups is 2. The van der Waals surface area contributed by atoms with Gasteiger partial charge in [0, 0.05) is 33.7 Å². The summed E-state index contributed by atoms with van der Waals surface area (Å²) in [5.74, 6) is -1.55. The number of anilines is 1. The van der Waals surface area contributed by atoms with Gasteiger partial charge in [0.2, 0.25) is 11.8 Å². The summed E-state index contributed by atoms with van der Waals surface area (Å²) in [5, 5.41) is 18.7. The summed E-state index contributed by atoms with van der Waals surface area (Å²) in [5.41, 5.74) is 2.36. The second-order valence-corrected chi connectivity index (χ2v) is 12.7. The number of benzene rings is 4. The molecule has 0 saturated carbocycles. The van der Waals surface area contributed by atoms with Gasteiger partial charge >= 0.3 is 0 Å². The third-order valence-corrected chi connectivity index (χ3v) is 9.60. The van der Waals surface area contributed by atoms with E-state index >= 15 is 0 Å². The Bertz CT molecular complexity index is 2230. The molecule has 0 spiro atoms. The van der Waals surface area contributed by atoms with Crippen LogP contribution in [0.3, 0.4) is 0 Å². The topological polar surface area (TPSA) is 117 Å². The first kappa shape index (κ1) is 29.6. The van der Waals surface area contributed by atoms with E-state index in [4.69, 9.17) is 9.40 Å². The first-order valence-corrected chi connectivity index (χ1v) is 16.2. The molecule has 4 aromatic carbocycles. The number of amides is 2. The van der Waals surface area contributed by atoms with Gasteiger partial charge in [-0.1, -0.05) is 48.5 Å². The predicted molar refractivity (Wildman–Crippen MR) is 177 cm³/mol. The lowest BCUT2D eigenvalue weighted by Gasteiger charge is -2.19. The molecule has 0 aliphatic carbocycles. The Morgan fingerprint density at radius 3 is 2.41 bits per heavy atom. The standard InChI is InChI=1S/C34H24F2N4O4S2/c35-19-13-23(36)32-28(14-19)46-30(39-32)17-45-16-26(38-29(42)15-20-12-18-6-5-11-27(41)33(18)44-20)34(43)40-31-21-7-1-3-9-24(21)37-25-10-4-2-8-22(25)31/h1-14,26,41H,15-17H2,(H,38,42)(H,37,40,43). The smallest absolute Gasteiger partial charge is 0.247 e. The van der Waals surface area contributed by atoms with E-state index in [9.17, 15) is 23.5 Å². The molecule has 3 N–H and O–H groups in total. The monoisotopic (exact) mass is 654 g/mol. The summed E-state index contributed by atoms with van der Waals surface area (Å²) in [6.07, 6.45) is -0.160. The highest BCUT2D eigenvalue weighted by Gasteiger charge is 2.24. The lowest BCUT2D eigenvalue weighted by atomic mass is 10.1. The van der Waals surface area contributed by atoms with Crippen molar-refractivity contribution in [3.05, 3.63) is 107 Å². The van der Waals surface area contributed by atoms with Gasteiger partial charge in [-0.05, 0) is 30.3 Å². The van der Waals surface area contributed by atoms with E-state index in [1.54, 1.807) is 18.2 Å². The van der Waals surface area contributed by atoms with E-state index in [0.717, 1.165) is 16.8 Å². The van der Waals surface area contributed by atoms with Crippen LogP contribution in [-0.2, 0) is 21.8 Å². The van der Waals surface area contributed by atoms with Crippen LogP contribution < -0.4 is 10.6 Å². The largest absolute Gasteiger partial charge is 0.504 e. The Hall–Kier alpha value is -5.07. The number of pyridine rings is 1. The molecular formula is C34H24F2N4O4S2. The van der Waals surface area contributed by atoms with Crippen molar-refractivity contribution in [2.45, 2.75) is 18.2 Å². The van der Waals surface area contributed by atoms with Crippen LogP contribution >= 0.6 is 23.1 Å². The molecule has 12 heteroatoms. The highest BCUT2D eigenvalue weighted by molar-refractivity contribution is 7.98. The number of nitrogens with one attached hydrogen (secondary N) is 2. The lowest BCUT2D eigenvalue weighted by Crippen LogP contribution is -2.46. The molecule has 0 aliphatic rings. The van der Waals surface area contributed by atoms with Gasteiger partial charge in [-0.15, -0.1) is 11.3 Å². The van der Waals surface area contributed by atoms with Gasteiger partial charge in [-0.25, -0.2) is 18.7 Å². The van der Waals surface area contributed by atoms with Crippen molar-refractivity contribution in [3.63, 3.8) is 0 Å². The first-order valence-electron chi connectivity index (χ1n) is 14.2. The van der Waals surface area contributed by atoms with E-state index in [0.29, 0.717) is 43.3 Å². The van der Waals surface area contributed by atoms with Gasteiger partial charge in [0.05, 0.1) is 27.8 Å². The average molecular weight is 655 g/mol. The summed E-state index contributed by atoms with van der Waals surface area (Å²) in [6.45, 7) is 0. The summed E-state index contributed by atoms with van der Waals surface area (Å²) in [6, 6.07) is 22.6. The van der Waals surface area contributed by atoms with Crippen molar-refractivity contribution in [1.29, 1.82) is 0 Å². The molecule has 2 amide bonds. The zero-order chi connectivity index (χ0) is 31.8. The molecule has 7 rings (SSSR count). The quantitative estimate of drug-likeness (QED) is 0.140. The third kappa shape index (κ3) is 5.96. The second-order valence-electron chi connectivity index (χ2n) is 10.6. The zero-order valence-corrected chi connectivity index (χ0v) is 25.6. The van der Waals surface area contributed by atoms with Gasteiger partial charge < -0.3 is 20.2 Å². The number of hydrogen-bond donors (Lipinski definition) is 3. The number of phenols is 1. The van der Waals surface area contributed by atoms with E-state index in [-0.39, 0.29) is 29.0 Å². The van der Waals surface area contributed by atoms with Gasteiger partial charge in [0.25, 0.3) is 0 Å². The molecule has 0 aliphatic heterocycles. The number of thiazole rings is 1. The van der Waals surface area contributed by atoms with Crippen molar-refractivity contribution in [2.24, 2.45) is 0 Å². The number of fused-ring (bicyclic) bond motifs is 4. The van der Waals surface area contributed by atoms with Crippen molar-refractivity contribution in [2.75, 3.05) is 11.1 Å². The van der Waals surface area contributed by atoms with Crippen molar-refractivity contribution in [1.82, 2.24) is 15.3 Å². The number of carbonyl (C=O) groups excluding carboxylic acids is 2. The van der Waals surface area contributed by atoms with Crippen LogP contribution in [0.5, 0.6) is 5.75 Å². The molecule has 7 aromatic rings. The SMILES string of the molecule is O=C(Cc1cc2cccc(O)c2o1)NC(CSCc1nc2c(F)cc(F)cc2s1)C(=O)Nc1c2ccccc2nc2ccccc12. The van der Waals surface area contributed by atoms with Crippen LogP contribution in [0.1, 0.15) is 10.8 Å². The van der Waals surface area contributed by atoms with Crippen molar-refractivity contribution < 1.29 is 27.9 Å². The molecule has 3 aromatic heterocycles. The van der Waals surface area contributed by atoms with E-state index in [2.05, 4.69) is 15.6 Å². The van der Waals surface area contributed by atoms with Gasteiger partial charge in [0.15, 0.2) is 17.1 Å². The lowest BCUT2D eigenvalue weighted by molar-refractivity contribution is -0.125. The van der Waals surface area contributed by atoms with Crippen LogP contribution in [0.15, 0.2) is 89.3 Å². The Kier molecular flexibility index (Phi) is 7.97. The van der Waals surface area contributed by atoms with Crippen LogP contribution in [-0.4, -0.2) is 38.7 Å². The van der Waals surface area contributed by atoms with Crippen LogP contribution in [0.25, 0.3) is 43.0 Å². The Labute approximate surface area is 268 Å². The molecule has 0 fully saturated rings. The molecule has 0 bridgehead atoms. The summed E-state index contributed by atoms with van der Waals surface area (Å²) < 4.78 is 34.0. The number of furan rings is 1. The van der Waals surface area contributed by atoms with Gasteiger partial charge in [-0.2, -0.15) is 11.8 Å². The van der Waals surface area contributed by atoms with Gasteiger partial charge in [-0.3, -0.25) is 9.59 Å². The highest BCUT2D eigenvalue weighted by Crippen LogP contribution is 2.32. The minimum absolute atomic E-state index is 0.0351. The van der Waals surface area contributed by atoms with E-state index < -0.39 is 29.5 Å². The van der Waals surface area contributed by atoms with Crippen molar-refractivity contribution in [3.8, 4) is 5.75 Å². The predicted octanol–water partition coefficient (Wildman–Crippen LogP) is 7.33. The van der Waals surface area contributed by atoms with E-state index in [1.165, 1.54) is 35.2 Å². The minimum atomic E-state index is -0.982. The number of aromatic nitrogens is 2. The number of aromatic hydroxyl groups is 1. The normalized spacial score (nSPS) is 12.2. The molecule has 3 heterocycles. The average Bonchev–Trinajstić information content (AvgIpc) is 3.65. The fraction of sp³-hybridized carbons (Fsp3) is 0.118. The number of nitrogens with zero attached hydrogens (tertiary/aromatic N) is 2. The number of halogens is 2. The maximum Gasteiger partial charge on any atom is 0.247 e. The summed E-state index contributed by atoms with van der Waals surface area (Å²) in [4.78, 5) is 36.2. The van der Waals surface area contributed by atoms with Crippen LogP contribution in [0.2, 0.25) is 0 Å². The molecule has 46 heavy (non-hydrogen) atoms. The Morgan fingerprint density at radius 1 is 0.935 bits per heavy atom. The number of hydrogen-bond acceptors (Lipinski definition) is 8. The minimum Gasteiger partial charge on any atom is -0.504 e. The fourth-order valence-electron chi connectivity index (χ4n) is 5.29. The first-order chi connectivity index (χ1) is 22.3. The highest BCUT2D eigenvalue weighted by atomic mass is 32.2.